The van der Waals surface area contributed by atoms with Gasteiger partial charge in [0.15, 0.2) is 5.16 Å². The van der Waals surface area contributed by atoms with Crippen LogP contribution < -0.4 is 11.0 Å². The summed E-state index contributed by atoms with van der Waals surface area (Å²) in [6, 6.07) is 15.9. The lowest BCUT2D eigenvalue weighted by Crippen LogP contribution is -2.20. The van der Waals surface area contributed by atoms with E-state index >= 15 is 0 Å². The van der Waals surface area contributed by atoms with Crippen molar-refractivity contribution in [1.29, 1.82) is 0 Å². The third kappa shape index (κ3) is 5.10. The minimum atomic E-state index is -0.261. The molecule has 0 aliphatic heterocycles. The molecule has 27 heavy (non-hydrogen) atoms. The van der Waals surface area contributed by atoms with Gasteiger partial charge < -0.3 is 5.32 Å². The molecule has 1 amide bonds. The quantitative estimate of drug-likeness (QED) is 0.615. The van der Waals surface area contributed by atoms with E-state index in [1.807, 2.05) is 62.4 Å². The number of carbonyl (C=O) groups is 1. The van der Waals surface area contributed by atoms with Gasteiger partial charge in [-0.25, -0.2) is 9.89 Å². The van der Waals surface area contributed by atoms with E-state index < -0.39 is 0 Å². The molecule has 2 N–H and O–H groups in total. The molecule has 6 nitrogen and oxygen atoms in total. The number of aromatic amines is 1. The van der Waals surface area contributed by atoms with Crippen LogP contribution in [0.2, 0.25) is 0 Å². The average Bonchev–Trinajstić information content (AvgIpc) is 3.02. The van der Waals surface area contributed by atoms with Crippen molar-refractivity contribution in [2.24, 2.45) is 0 Å². The SMILES string of the molecule is Cc1ccc(C)c(NC(=O)CSc2n[nH]c(=O)n2CCc2ccccc2)c1. The van der Waals surface area contributed by atoms with Crippen LogP contribution in [0.5, 0.6) is 0 Å². The minimum absolute atomic E-state index is 0.126. The maximum atomic E-state index is 12.3. The number of thioether (sulfide) groups is 1. The molecule has 0 aliphatic rings. The van der Waals surface area contributed by atoms with Crippen LogP contribution in [0.25, 0.3) is 0 Å². The number of aryl methyl sites for hydroxylation is 3. The number of hydrogen-bond donors (Lipinski definition) is 2. The largest absolute Gasteiger partial charge is 0.343 e. The van der Waals surface area contributed by atoms with Gasteiger partial charge in [-0.3, -0.25) is 9.36 Å². The van der Waals surface area contributed by atoms with Gasteiger partial charge >= 0.3 is 5.69 Å². The summed E-state index contributed by atoms with van der Waals surface area (Å²) in [5.41, 5.74) is 3.80. The maximum Gasteiger partial charge on any atom is 0.343 e. The topological polar surface area (TPSA) is 79.8 Å². The molecule has 3 rings (SSSR count). The number of anilines is 1. The number of aromatic nitrogens is 3. The number of hydrogen-bond acceptors (Lipinski definition) is 4. The predicted octanol–water partition coefficient (Wildman–Crippen LogP) is 3.16. The molecular formula is C20H22N4O2S. The zero-order valence-corrected chi connectivity index (χ0v) is 16.2. The second-order valence-electron chi connectivity index (χ2n) is 6.35. The summed E-state index contributed by atoms with van der Waals surface area (Å²) in [5.74, 6) is 0.0574. The van der Waals surface area contributed by atoms with Crippen LogP contribution in [0.4, 0.5) is 5.69 Å². The van der Waals surface area contributed by atoms with Gasteiger partial charge in [0.1, 0.15) is 0 Å². The highest BCUT2D eigenvalue weighted by atomic mass is 32.2. The molecule has 0 atom stereocenters. The lowest BCUT2D eigenvalue weighted by Gasteiger charge is -2.09. The highest BCUT2D eigenvalue weighted by Gasteiger charge is 2.12. The van der Waals surface area contributed by atoms with Crippen molar-refractivity contribution in [3.05, 3.63) is 75.7 Å². The fraction of sp³-hybridized carbons (Fsp3) is 0.250. The Morgan fingerprint density at radius 1 is 1.19 bits per heavy atom. The molecule has 0 fully saturated rings. The highest BCUT2D eigenvalue weighted by Crippen LogP contribution is 2.18. The summed E-state index contributed by atoms with van der Waals surface area (Å²) in [7, 11) is 0. The zero-order chi connectivity index (χ0) is 19.2. The van der Waals surface area contributed by atoms with Gasteiger partial charge in [0.2, 0.25) is 5.91 Å². The lowest BCUT2D eigenvalue weighted by atomic mass is 10.1. The van der Waals surface area contributed by atoms with Crippen LogP contribution >= 0.6 is 11.8 Å². The zero-order valence-electron chi connectivity index (χ0n) is 15.4. The highest BCUT2D eigenvalue weighted by molar-refractivity contribution is 7.99. The standard InChI is InChI=1S/C20H22N4O2S/c1-14-8-9-15(2)17(12-14)21-18(25)13-27-20-23-22-19(26)24(20)11-10-16-6-4-3-5-7-16/h3-9,12H,10-11,13H2,1-2H3,(H,21,25)(H,22,26). The first-order chi connectivity index (χ1) is 13.0. The van der Waals surface area contributed by atoms with E-state index in [9.17, 15) is 9.59 Å². The lowest BCUT2D eigenvalue weighted by molar-refractivity contribution is -0.113. The average molecular weight is 382 g/mol. The Morgan fingerprint density at radius 2 is 1.96 bits per heavy atom. The van der Waals surface area contributed by atoms with Crippen molar-refractivity contribution in [3.8, 4) is 0 Å². The summed E-state index contributed by atoms with van der Waals surface area (Å²) < 4.78 is 1.57. The molecular weight excluding hydrogens is 360 g/mol. The Morgan fingerprint density at radius 3 is 2.74 bits per heavy atom. The maximum absolute atomic E-state index is 12.3. The Bertz CT molecular complexity index is 979. The van der Waals surface area contributed by atoms with Crippen molar-refractivity contribution in [2.45, 2.75) is 32.0 Å². The molecule has 0 saturated carbocycles. The van der Waals surface area contributed by atoms with Gasteiger partial charge in [-0.05, 0) is 43.0 Å². The van der Waals surface area contributed by atoms with Crippen molar-refractivity contribution >= 4 is 23.4 Å². The molecule has 7 heteroatoms. The van der Waals surface area contributed by atoms with Gasteiger partial charge in [-0.1, -0.05) is 54.2 Å². The Hall–Kier alpha value is -2.80. The van der Waals surface area contributed by atoms with Crippen molar-refractivity contribution in [1.82, 2.24) is 14.8 Å². The van der Waals surface area contributed by atoms with E-state index in [0.717, 1.165) is 28.8 Å². The Kier molecular flexibility index (Phi) is 6.13. The smallest absolute Gasteiger partial charge is 0.325 e. The first kappa shape index (κ1) is 19.0. The molecule has 0 saturated heterocycles. The van der Waals surface area contributed by atoms with Crippen LogP contribution in [-0.4, -0.2) is 26.4 Å². The second-order valence-corrected chi connectivity index (χ2v) is 7.30. The van der Waals surface area contributed by atoms with Gasteiger partial charge in [-0.2, -0.15) is 0 Å². The number of rotatable bonds is 7. The van der Waals surface area contributed by atoms with E-state index in [4.69, 9.17) is 0 Å². The molecule has 0 radical (unpaired) electrons. The minimum Gasteiger partial charge on any atom is -0.325 e. The molecule has 0 aliphatic carbocycles. The third-order valence-corrected chi connectivity index (χ3v) is 5.17. The molecule has 0 bridgehead atoms. The molecule has 2 aromatic carbocycles. The van der Waals surface area contributed by atoms with Gasteiger partial charge in [0, 0.05) is 12.2 Å². The predicted molar refractivity (Wildman–Crippen MR) is 108 cm³/mol. The third-order valence-electron chi connectivity index (χ3n) is 4.19. The number of nitrogens with one attached hydrogen (secondary N) is 2. The number of carbonyl (C=O) groups excluding carboxylic acids is 1. The number of H-pyrrole nitrogens is 1. The second kappa shape index (κ2) is 8.73. The molecule has 0 unspecified atom stereocenters. The number of benzene rings is 2. The summed E-state index contributed by atoms with van der Waals surface area (Å²) in [6.45, 7) is 4.45. The molecule has 1 aromatic heterocycles. The fourth-order valence-corrected chi connectivity index (χ4v) is 3.46. The Balaban J connectivity index is 1.60. The first-order valence-electron chi connectivity index (χ1n) is 8.72. The van der Waals surface area contributed by atoms with Crippen LogP contribution in [0, 0.1) is 13.8 Å². The molecule has 140 valence electrons. The van der Waals surface area contributed by atoms with Crippen molar-refractivity contribution < 1.29 is 4.79 Å². The molecule has 3 aromatic rings. The molecule has 0 spiro atoms. The van der Waals surface area contributed by atoms with Gasteiger partial charge in [0.05, 0.1) is 5.75 Å². The van der Waals surface area contributed by atoms with Crippen molar-refractivity contribution in [2.75, 3.05) is 11.1 Å². The normalized spacial score (nSPS) is 10.7. The monoisotopic (exact) mass is 382 g/mol. The number of nitrogens with zero attached hydrogens (tertiary/aromatic N) is 2. The Labute approximate surface area is 162 Å². The van der Waals surface area contributed by atoms with Crippen LogP contribution in [0.3, 0.4) is 0 Å². The van der Waals surface area contributed by atoms with E-state index in [1.54, 1.807) is 4.57 Å². The van der Waals surface area contributed by atoms with Crippen LogP contribution in [0.1, 0.15) is 16.7 Å². The molecule has 1 heterocycles. The van der Waals surface area contributed by atoms with Gasteiger partial charge in [-0.15, -0.1) is 5.10 Å². The fourth-order valence-electron chi connectivity index (χ4n) is 2.68. The summed E-state index contributed by atoms with van der Waals surface area (Å²) in [4.78, 5) is 24.3. The van der Waals surface area contributed by atoms with Crippen molar-refractivity contribution in [3.63, 3.8) is 0 Å². The van der Waals surface area contributed by atoms with Crippen LogP contribution in [0.15, 0.2) is 58.5 Å². The van der Waals surface area contributed by atoms with Crippen LogP contribution in [-0.2, 0) is 17.8 Å². The summed E-state index contributed by atoms with van der Waals surface area (Å²) in [5, 5.41) is 9.96. The van der Waals surface area contributed by atoms with Gasteiger partial charge in [0.25, 0.3) is 0 Å². The number of amides is 1. The van der Waals surface area contributed by atoms with E-state index in [0.29, 0.717) is 11.7 Å². The van der Waals surface area contributed by atoms with E-state index in [2.05, 4.69) is 15.5 Å². The first-order valence-corrected chi connectivity index (χ1v) is 9.70. The van der Waals surface area contributed by atoms with E-state index in [1.165, 1.54) is 11.8 Å². The van der Waals surface area contributed by atoms with E-state index in [-0.39, 0.29) is 17.3 Å². The summed E-state index contributed by atoms with van der Waals surface area (Å²) in [6.07, 6.45) is 0.725. The summed E-state index contributed by atoms with van der Waals surface area (Å²) >= 11 is 1.25.